The van der Waals surface area contributed by atoms with Gasteiger partial charge >= 0.3 is 0 Å². The molecule has 1 amide bonds. The molecule has 1 fully saturated rings. The minimum atomic E-state index is -3.15. The van der Waals surface area contributed by atoms with Crippen LogP contribution in [-0.4, -0.2) is 43.8 Å². The Bertz CT molecular complexity index is 596. The molecule has 1 aliphatic heterocycles. The Balaban J connectivity index is 2.26. The number of carbonyl (C=O) groups is 1. The highest BCUT2D eigenvalue weighted by molar-refractivity contribution is 9.10. The second kappa shape index (κ2) is 5.16. The van der Waals surface area contributed by atoms with Crippen molar-refractivity contribution in [2.75, 3.05) is 24.6 Å². The van der Waals surface area contributed by atoms with Crippen molar-refractivity contribution in [3.8, 4) is 0 Å². The molecule has 1 aromatic rings. The third-order valence-electron chi connectivity index (χ3n) is 2.85. The van der Waals surface area contributed by atoms with Crippen molar-refractivity contribution in [1.82, 2.24) is 4.90 Å². The summed E-state index contributed by atoms with van der Waals surface area (Å²) < 4.78 is 49.9. The van der Waals surface area contributed by atoms with Crippen LogP contribution in [0.15, 0.2) is 16.6 Å². The normalized spacial score (nSPS) is 18.4. The molecule has 0 unspecified atom stereocenters. The van der Waals surface area contributed by atoms with Crippen molar-refractivity contribution in [1.29, 1.82) is 0 Å². The number of carbonyl (C=O) groups excluding carboxylic acids is 1. The molecule has 1 aliphatic rings. The first-order valence-electron chi connectivity index (χ1n) is 5.44. The Kier molecular flexibility index (Phi) is 3.91. The van der Waals surface area contributed by atoms with E-state index in [2.05, 4.69) is 15.9 Å². The summed E-state index contributed by atoms with van der Waals surface area (Å²) in [4.78, 5) is 13.1. The molecule has 1 saturated heterocycles. The van der Waals surface area contributed by atoms with Crippen molar-refractivity contribution < 1.29 is 22.0 Å². The number of hydrogen-bond acceptors (Lipinski definition) is 3. The van der Waals surface area contributed by atoms with Crippen LogP contribution in [0.5, 0.6) is 0 Å². The molecule has 0 N–H and O–H groups in total. The van der Waals surface area contributed by atoms with Crippen LogP contribution in [0.25, 0.3) is 0 Å². The minimum absolute atomic E-state index is 0.0455. The van der Waals surface area contributed by atoms with Gasteiger partial charge in [0, 0.05) is 17.6 Å². The van der Waals surface area contributed by atoms with Gasteiger partial charge < -0.3 is 4.90 Å². The number of nitrogens with zero attached hydrogens (tertiary/aromatic N) is 1. The SMILES string of the molecule is O=C(c1c(F)cc(Br)cc1F)N1CCS(=O)(=O)CC1. The maximum Gasteiger partial charge on any atom is 0.259 e. The summed E-state index contributed by atoms with van der Waals surface area (Å²) in [6, 6.07) is 1.99. The van der Waals surface area contributed by atoms with Crippen LogP contribution in [0.3, 0.4) is 0 Å². The van der Waals surface area contributed by atoms with Crippen LogP contribution in [0, 0.1) is 11.6 Å². The molecule has 8 heteroatoms. The van der Waals surface area contributed by atoms with Gasteiger partial charge in [-0.05, 0) is 12.1 Å². The van der Waals surface area contributed by atoms with Crippen LogP contribution < -0.4 is 0 Å². The largest absolute Gasteiger partial charge is 0.336 e. The predicted molar refractivity (Wildman–Crippen MR) is 68.6 cm³/mol. The lowest BCUT2D eigenvalue weighted by Gasteiger charge is -2.27. The molecule has 2 rings (SSSR count). The lowest BCUT2D eigenvalue weighted by atomic mass is 10.1. The molecule has 0 atom stereocenters. The maximum atomic E-state index is 13.6. The lowest BCUT2D eigenvalue weighted by Crippen LogP contribution is -2.44. The zero-order valence-electron chi connectivity index (χ0n) is 9.70. The van der Waals surface area contributed by atoms with Crippen molar-refractivity contribution >= 4 is 31.7 Å². The van der Waals surface area contributed by atoms with Crippen molar-refractivity contribution in [2.45, 2.75) is 0 Å². The molecule has 0 bridgehead atoms. The van der Waals surface area contributed by atoms with Gasteiger partial charge in [-0.2, -0.15) is 0 Å². The second-order valence-corrected chi connectivity index (χ2v) is 7.41. The smallest absolute Gasteiger partial charge is 0.259 e. The highest BCUT2D eigenvalue weighted by Gasteiger charge is 2.29. The van der Waals surface area contributed by atoms with E-state index in [1.165, 1.54) is 0 Å². The fraction of sp³-hybridized carbons (Fsp3) is 0.364. The van der Waals surface area contributed by atoms with E-state index >= 15 is 0 Å². The molecule has 1 aromatic carbocycles. The van der Waals surface area contributed by atoms with Gasteiger partial charge in [-0.15, -0.1) is 0 Å². The van der Waals surface area contributed by atoms with E-state index in [1.54, 1.807) is 0 Å². The number of hydrogen-bond donors (Lipinski definition) is 0. The van der Waals surface area contributed by atoms with Crippen LogP contribution in [0.4, 0.5) is 8.78 Å². The van der Waals surface area contributed by atoms with E-state index < -0.39 is 32.9 Å². The summed E-state index contributed by atoms with van der Waals surface area (Å²) in [5.41, 5.74) is -0.650. The van der Waals surface area contributed by atoms with E-state index in [4.69, 9.17) is 0 Å². The average Bonchev–Trinajstić information content (AvgIpc) is 2.27. The summed E-state index contributed by atoms with van der Waals surface area (Å²) in [5, 5.41) is 0. The van der Waals surface area contributed by atoms with Crippen molar-refractivity contribution in [3.05, 3.63) is 33.8 Å². The van der Waals surface area contributed by atoms with Crippen LogP contribution in [-0.2, 0) is 9.84 Å². The monoisotopic (exact) mass is 353 g/mol. The topological polar surface area (TPSA) is 54.5 Å². The molecule has 0 spiro atoms. The summed E-state index contributed by atoms with van der Waals surface area (Å²) in [5.74, 6) is -3.12. The van der Waals surface area contributed by atoms with E-state index in [0.717, 1.165) is 17.0 Å². The predicted octanol–water partition coefficient (Wildman–Crippen LogP) is 1.60. The van der Waals surface area contributed by atoms with Crippen molar-refractivity contribution in [3.63, 3.8) is 0 Å². The molecule has 104 valence electrons. The van der Waals surface area contributed by atoms with E-state index in [-0.39, 0.29) is 29.1 Å². The highest BCUT2D eigenvalue weighted by atomic mass is 79.9. The molecule has 0 aromatic heterocycles. The quantitative estimate of drug-likeness (QED) is 0.770. The third kappa shape index (κ3) is 3.11. The number of amides is 1. The maximum absolute atomic E-state index is 13.6. The Labute approximate surface area is 117 Å². The molecular formula is C11H10BrF2NO3S. The van der Waals surface area contributed by atoms with E-state index in [9.17, 15) is 22.0 Å². The first kappa shape index (κ1) is 14.4. The number of halogens is 3. The van der Waals surface area contributed by atoms with Gasteiger partial charge in [-0.1, -0.05) is 15.9 Å². The molecule has 0 radical (unpaired) electrons. The van der Waals surface area contributed by atoms with Gasteiger partial charge in [0.25, 0.3) is 5.91 Å². The third-order valence-corrected chi connectivity index (χ3v) is 4.92. The fourth-order valence-electron chi connectivity index (χ4n) is 1.82. The zero-order valence-corrected chi connectivity index (χ0v) is 12.1. The van der Waals surface area contributed by atoms with Crippen molar-refractivity contribution in [2.24, 2.45) is 0 Å². The molecule has 0 aliphatic carbocycles. The molecular weight excluding hydrogens is 344 g/mol. The van der Waals surface area contributed by atoms with E-state index in [0.29, 0.717) is 0 Å². The Hall–Kier alpha value is -1.02. The van der Waals surface area contributed by atoms with Gasteiger partial charge in [0.15, 0.2) is 9.84 Å². The van der Waals surface area contributed by atoms with E-state index in [1.807, 2.05) is 0 Å². The first-order chi connectivity index (χ1) is 8.80. The summed E-state index contributed by atoms with van der Waals surface area (Å²) >= 11 is 2.92. The molecule has 19 heavy (non-hydrogen) atoms. The van der Waals surface area contributed by atoms with Crippen LogP contribution in [0.1, 0.15) is 10.4 Å². The standard InChI is InChI=1S/C11H10BrF2NO3S/c12-7-5-8(13)10(9(14)6-7)11(16)15-1-3-19(17,18)4-2-15/h5-6H,1-4H2. The van der Waals surface area contributed by atoms with Gasteiger partial charge in [-0.25, -0.2) is 17.2 Å². The Morgan fingerprint density at radius 2 is 1.63 bits per heavy atom. The number of sulfone groups is 1. The van der Waals surface area contributed by atoms with Crippen LogP contribution in [0.2, 0.25) is 0 Å². The van der Waals surface area contributed by atoms with Gasteiger partial charge in [0.2, 0.25) is 0 Å². The number of rotatable bonds is 1. The molecule has 1 heterocycles. The van der Waals surface area contributed by atoms with Gasteiger partial charge in [0.1, 0.15) is 17.2 Å². The second-order valence-electron chi connectivity index (χ2n) is 4.19. The van der Waals surface area contributed by atoms with Crippen LogP contribution >= 0.6 is 15.9 Å². The lowest BCUT2D eigenvalue weighted by molar-refractivity contribution is 0.0760. The summed E-state index contributed by atoms with van der Waals surface area (Å²) in [7, 11) is -3.15. The average molecular weight is 354 g/mol. The Morgan fingerprint density at radius 3 is 2.11 bits per heavy atom. The number of benzene rings is 1. The first-order valence-corrected chi connectivity index (χ1v) is 8.06. The Morgan fingerprint density at radius 1 is 1.16 bits per heavy atom. The molecule has 4 nitrogen and oxygen atoms in total. The summed E-state index contributed by atoms with van der Waals surface area (Å²) in [6.07, 6.45) is 0. The summed E-state index contributed by atoms with van der Waals surface area (Å²) in [6.45, 7) is -0.0911. The minimum Gasteiger partial charge on any atom is -0.336 e. The zero-order chi connectivity index (χ0) is 14.2. The van der Waals surface area contributed by atoms with Gasteiger partial charge in [-0.3, -0.25) is 4.79 Å². The van der Waals surface area contributed by atoms with Gasteiger partial charge in [0.05, 0.1) is 11.5 Å². The fourth-order valence-corrected chi connectivity index (χ4v) is 3.42. The highest BCUT2D eigenvalue weighted by Crippen LogP contribution is 2.21. The molecule has 0 saturated carbocycles.